The van der Waals surface area contributed by atoms with Gasteiger partial charge in [0.15, 0.2) is 0 Å². The van der Waals surface area contributed by atoms with Crippen LogP contribution in [0.15, 0.2) is 191 Å². The number of fused-ring (bicyclic) bond motifs is 12. The minimum atomic E-state index is 0.908. The van der Waals surface area contributed by atoms with Crippen LogP contribution in [0.3, 0.4) is 0 Å². The number of rotatable bonds is 3. The van der Waals surface area contributed by atoms with Gasteiger partial charge in [-0.3, -0.25) is 0 Å². The molecule has 0 aliphatic rings. The van der Waals surface area contributed by atoms with Gasteiger partial charge in [-0.05, 0) is 114 Å². The van der Waals surface area contributed by atoms with Crippen molar-refractivity contribution in [3.8, 4) is 33.4 Å². The maximum Gasteiger partial charge on any atom is 0.143 e. The van der Waals surface area contributed by atoms with Gasteiger partial charge in [0.25, 0.3) is 0 Å². The van der Waals surface area contributed by atoms with Crippen LogP contribution in [-0.2, 0) is 0 Å². The van der Waals surface area contributed by atoms with E-state index in [0.29, 0.717) is 0 Å². The van der Waals surface area contributed by atoms with Crippen molar-refractivity contribution < 1.29 is 8.83 Å². The third-order valence-corrected chi connectivity index (χ3v) is 11.3. The molecule has 0 atom stereocenters. The first-order valence-electron chi connectivity index (χ1n) is 18.5. The van der Waals surface area contributed by atoms with Gasteiger partial charge < -0.3 is 8.83 Å². The molecule has 2 nitrogen and oxygen atoms in total. The molecule has 0 saturated heterocycles. The Hall–Kier alpha value is -7.16. The predicted octanol–water partition coefficient (Wildman–Crippen LogP) is 15.1. The second-order valence-corrected chi connectivity index (χ2v) is 14.5. The van der Waals surface area contributed by atoms with Crippen molar-refractivity contribution in [3.05, 3.63) is 182 Å². The Labute approximate surface area is 310 Å². The molecule has 12 rings (SSSR count). The van der Waals surface area contributed by atoms with Crippen molar-refractivity contribution in [1.82, 2.24) is 0 Å². The molecule has 2 aromatic heterocycles. The molecule has 0 aliphatic carbocycles. The van der Waals surface area contributed by atoms with E-state index in [9.17, 15) is 0 Å². The normalized spacial score (nSPS) is 12.1. The maximum atomic E-state index is 6.79. The van der Waals surface area contributed by atoms with Gasteiger partial charge in [-0.1, -0.05) is 133 Å². The predicted molar refractivity (Wildman–Crippen MR) is 227 cm³/mol. The maximum absolute atomic E-state index is 6.79. The largest absolute Gasteiger partial charge is 0.455 e. The fourth-order valence-corrected chi connectivity index (χ4v) is 8.78. The molecule has 0 radical (unpaired) electrons. The second-order valence-electron chi connectivity index (χ2n) is 14.5. The Bertz CT molecular complexity index is 3270. The molecule has 10 aromatic carbocycles. The number of benzene rings is 10. The first-order chi connectivity index (χ1) is 26.7. The van der Waals surface area contributed by atoms with Gasteiger partial charge in [0, 0.05) is 32.7 Å². The molecular formula is C52H30O2. The summed E-state index contributed by atoms with van der Waals surface area (Å²) in [6.45, 7) is 0. The van der Waals surface area contributed by atoms with E-state index in [-0.39, 0.29) is 0 Å². The van der Waals surface area contributed by atoms with E-state index in [0.717, 1.165) is 77.3 Å². The molecule has 0 bridgehead atoms. The smallest absolute Gasteiger partial charge is 0.143 e. The van der Waals surface area contributed by atoms with E-state index in [1.165, 1.54) is 43.1 Å². The van der Waals surface area contributed by atoms with Crippen LogP contribution in [-0.4, -0.2) is 0 Å². The topological polar surface area (TPSA) is 26.3 Å². The number of hydrogen-bond donors (Lipinski definition) is 0. The van der Waals surface area contributed by atoms with Crippen molar-refractivity contribution in [3.63, 3.8) is 0 Å². The van der Waals surface area contributed by atoms with Crippen molar-refractivity contribution in [2.24, 2.45) is 0 Å². The monoisotopic (exact) mass is 686 g/mol. The Kier molecular flexibility index (Phi) is 6.09. The van der Waals surface area contributed by atoms with E-state index in [2.05, 4.69) is 182 Å². The zero-order chi connectivity index (χ0) is 35.3. The first-order valence-corrected chi connectivity index (χ1v) is 18.5. The summed E-state index contributed by atoms with van der Waals surface area (Å²) < 4.78 is 13.6. The molecule has 2 heteroatoms. The van der Waals surface area contributed by atoms with E-state index >= 15 is 0 Å². The van der Waals surface area contributed by atoms with Crippen LogP contribution in [0.4, 0.5) is 0 Å². The summed E-state index contributed by atoms with van der Waals surface area (Å²) in [5.41, 5.74) is 10.4. The summed E-state index contributed by atoms with van der Waals surface area (Å²) in [5, 5.41) is 14.2. The highest BCUT2D eigenvalue weighted by Crippen LogP contribution is 2.45. The molecule has 0 amide bonds. The summed E-state index contributed by atoms with van der Waals surface area (Å²) in [7, 11) is 0. The standard InChI is InChI=1S/C52H30O2/c1-3-13-35-29-47-45(25-33(35)11-1)49-41-21-7-5-15-39(41)27-43(51(49)53-47)37-19-9-17-31(23-37)32-18-10-20-38(24-32)44-28-40-16-6-8-22-42(40)50-46-26-34-12-2-4-14-36(34)30-48(46)54-52(44)50/h1-30H. The van der Waals surface area contributed by atoms with Crippen LogP contribution in [0.5, 0.6) is 0 Å². The number of hydrogen-bond acceptors (Lipinski definition) is 2. The molecule has 0 unspecified atom stereocenters. The minimum absolute atomic E-state index is 0.908. The van der Waals surface area contributed by atoms with E-state index in [1.54, 1.807) is 0 Å². The summed E-state index contributed by atoms with van der Waals surface area (Å²) >= 11 is 0. The number of furan rings is 2. The summed E-state index contributed by atoms with van der Waals surface area (Å²) in [5.74, 6) is 0. The molecular weight excluding hydrogens is 657 g/mol. The molecule has 0 aliphatic heterocycles. The fraction of sp³-hybridized carbons (Fsp3) is 0. The lowest BCUT2D eigenvalue weighted by Crippen LogP contribution is -1.86. The highest BCUT2D eigenvalue weighted by Gasteiger charge is 2.19. The quantitative estimate of drug-likeness (QED) is 0.185. The van der Waals surface area contributed by atoms with E-state index in [4.69, 9.17) is 8.83 Å². The van der Waals surface area contributed by atoms with Crippen LogP contribution in [0.25, 0.3) is 120 Å². The van der Waals surface area contributed by atoms with Gasteiger partial charge in [-0.15, -0.1) is 0 Å². The molecule has 250 valence electrons. The SMILES string of the molecule is c1cc(-c2cccc(-c3cc4ccccc4c4c3oc3cc5ccccc5cc34)c2)cc(-c2cc3ccccc3c3c2oc2cc4ccccc4cc23)c1. The van der Waals surface area contributed by atoms with E-state index in [1.807, 2.05) is 0 Å². The van der Waals surface area contributed by atoms with Crippen LogP contribution < -0.4 is 0 Å². The van der Waals surface area contributed by atoms with E-state index < -0.39 is 0 Å². The average Bonchev–Trinajstić information content (AvgIpc) is 3.80. The van der Waals surface area contributed by atoms with Crippen molar-refractivity contribution in [1.29, 1.82) is 0 Å². The minimum Gasteiger partial charge on any atom is -0.455 e. The molecule has 0 fully saturated rings. The third kappa shape index (κ3) is 4.34. The average molecular weight is 687 g/mol. The Balaban J connectivity index is 1.04. The van der Waals surface area contributed by atoms with Gasteiger partial charge in [-0.2, -0.15) is 0 Å². The van der Waals surface area contributed by atoms with Gasteiger partial charge in [0.05, 0.1) is 0 Å². The summed E-state index contributed by atoms with van der Waals surface area (Å²) in [6.07, 6.45) is 0. The highest BCUT2D eigenvalue weighted by atomic mass is 16.3. The summed E-state index contributed by atoms with van der Waals surface area (Å²) in [6, 6.07) is 65.5. The van der Waals surface area contributed by atoms with Crippen LogP contribution in [0.1, 0.15) is 0 Å². The zero-order valence-electron chi connectivity index (χ0n) is 29.1. The second kappa shape index (κ2) is 11.2. The molecule has 12 aromatic rings. The zero-order valence-corrected chi connectivity index (χ0v) is 29.1. The van der Waals surface area contributed by atoms with Crippen LogP contribution >= 0.6 is 0 Å². The molecule has 0 spiro atoms. The van der Waals surface area contributed by atoms with Crippen LogP contribution in [0, 0.1) is 0 Å². The van der Waals surface area contributed by atoms with Gasteiger partial charge in [-0.25, -0.2) is 0 Å². The van der Waals surface area contributed by atoms with Gasteiger partial charge >= 0.3 is 0 Å². The Morgan fingerprint density at radius 1 is 0.259 bits per heavy atom. The van der Waals surface area contributed by atoms with Crippen molar-refractivity contribution in [2.45, 2.75) is 0 Å². The highest BCUT2D eigenvalue weighted by molar-refractivity contribution is 6.25. The molecule has 2 heterocycles. The van der Waals surface area contributed by atoms with Crippen LogP contribution in [0.2, 0.25) is 0 Å². The van der Waals surface area contributed by atoms with Crippen molar-refractivity contribution in [2.75, 3.05) is 0 Å². The van der Waals surface area contributed by atoms with Gasteiger partial charge in [0.1, 0.15) is 22.3 Å². The molecule has 54 heavy (non-hydrogen) atoms. The lowest BCUT2D eigenvalue weighted by atomic mass is 9.92. The lowest BCUT2D eigenvalue weighted by Gasteiger charge is -2.11. The Morgan fingerprint density at radius 2 is 0.630 bits per heavy atom. The first kappa shape index (κ1) is 29.4. The lowest BCUT2D eigenvalue weighted by molar-refractivity contribution is 0.670. The molecule has 0 saturated carbocycles. The van der Waals surface area contributed by atoms with Gasteiger partial charge in [0.2, 0.25) is 0 Å². The molecule has 0 N–H and O–H groups in total. The summed E-state index contributed by atoms with van der Waals surface area (Å²) in [4.78, 5) is 0. The van der Waals surface area contributed by atoms with Crippen molar-refractivity contribution >= 4 is 87.0 Å². The Morgan fingerprint density at radius 3 is 1.07 bits per heavy atom. The third-order valence-electron chi connectivity index (χ3n) is 11.3. The fourth-order valence-electron chi connectivity index (χ4n) is 8.78.